The zero-order valence-electron chi connectivity index (χ0n) is 8.00. The lowest BCUT2D eigenvalue weighted by Gasteiger charge is -2.07. The number of Topliss-reactive ketones (excluding diaryl/α,β-unsaturated/α-hetero) is 1. The average Bonchev–Trinajstić information content (AvgIpc) is 2.10. The van der Waals surface area contributed by atoms with E-state index in [0.717, 1.165) is 0 Å². The lowest BCUT2D eigenvalue weighted by molar-refractivity contribution is 0.101. The van der Waals surface area contributed by atoms with Gasteiger partial charge in [0.05, 0.1) is 12.2 Å². The first-order valence-electron chi connectivity index (χ1n) is 4.07. The average molecular weight is 215 g/mol. The molecule has 1 aromatic carbocycles. The smallest absolute Gasteiger partial charge is 0.163 e. The molecule has 1 N–H and O–H groups in total. The van der Waals surface area contributed by atoms with E-state index in [9.17, 15) is 9.90 Å². The van der Waals surface area contributed by atoms with Crippen molar-refractivity contribution in [2.75, 3.05) is 7.11 Å². The Morgan fingerprint density at radius 3 is 2.71 bits per heavy atom. The van der Waals surface area contributed by atoms with Gasteiger partial charge in [0.25, 0.3) is 0 Å². The Kier molecular flexibility index (Phi) is 3.49. The molecule has 0 radical (unpaired) electrons. The monoisotopic (exact) mass is 214 g/mol. The Morgan fingerprint density at radius 2 is 2.21 bits per heavy atom. The summed E-state index contributed by atoms with van der Waals surface area (Å²) in [6.07, 6.45) is 0. The molecule has 0 heterocycles. The van der Waals surface area contributed by atoms with Crippen LogP contribution in [0, 0.1) is 0 Å². The van der Waals surface area contributed by atoms with Crippen LogP contribution in [0.4, 0.5) is 0 Å². The highest BCUT2D eigenvalue weighted by atomic mass is 35.5. The van der Waals surface area contributed by atoms with Crippen molar-refractivity contribution in [1.82, 2.24) is 0 Å². The van der Waals surface area contributed by atoms with E-state index in [-0.39, 0.29) is 23.7 Å². The molecule has 0 aromatic heterocycles. The number of ketones is 1. The first kappa shape index (κ1) is 11.0. The predicted molar refractivity (Wildman–Crippen MR) is 53.8 cm³/mol. The zero-order valence-corrected chi connectivity index (χ0v) is 8.76. The summed E-state index contributed by atoms with van der Waals surface area (Å²) in [5.41, 5.74) is 0.745. The van der Waals surface area contributed by atoms with Crippen molar-refractivity contribution in [2.45, 2.75) is 13.5 Å². The number of halogens is 1. The molecular formula is C10H11ClO3. The summed E-state index contributed by atoms with van der Waals surface area (Å²) in [4.78, 5) is 11.1. The number of carbonyl (C=O) groups is 1. The Labute approximate surface area is 87.3 Å². The molecule has 0 bridgehead atoms. The van der Waals surface area contributed by atoms with Gasteiger partial charge in [-0.05, 0) is 19.1 Å². The molecule has 1 aromatic rings. The Morgan fingerprint density at radius 1 is 1.57 bits per heavy atom. The quantitative estimate of drug-likeness (QED) is 0.786. The Balaban J connectivity index is 3.24. The minimum Gasteiger partial charge on any atom is -0.507 e. The fraction of sp³-hybridized carbons (Fsp3) is 0.300. The fourth-order valence-corrected chi connectivity index (χ4v) is 1.43. The van der Waals surface area contributed by atoms with Gasteiger partial charge in [0.2, 0.25) is 0 Å². The van der Waals surface area contributed by atoms with E-state index < -0.39 is 0 Å². The molecule has 0 saturated heterocycles. The molecular weight excluding hydrogens is 204 g/mol. The minimum atomic E-state index is -0.220. The van der Waals surface area contributed by atoms with Crippen LogP contribution < -0.4 is 0 Å². The number of benzene rings is 1. The summed E-state index contributed by atoms with van der Waals surface area (Å²) in [5, 5.41) is 10.1. The van der Waals surface area contributed by atoms with Crippen molar-refractivity contribution in [3.8, 4) is 5.75 Å². The largest absolute Gasteiger partial charge is 0.507 e. The van der Waals surface area contributed by atoms with Crippen LogP contribution in [0.3, 0.4) is 0 Å². The second kappa shape index (κ2) is 4.44. The Bertz CT molecular complexity index is 361. The van der Waals surface area contributed by atoms with Crippen molar-refractivity contribution in [1.29, 1.82) is 0 Å². The fourth-order valence-electron chi connectivity index (χ4n) is 1.19. The SMILES string of the molecule is COCc1cc(Cl)cc(C(C)=O)c1O. The number of rotatable bonds is 3. The number of carbonyl (C=O) groups excluding carboxylic acids is 1. The van der Waals surface area contributed by atoms with E-state index in [0.29, 0.717) is 10.6 Å². The van der Waals surface area contributed by atoms with Crippen LogP contribution in [-0.4, -0.2) is 18.0 Å². The van der Waals surface area contributed by atoms with Gasteiger partial charge < -0.3 is 9.84 Å². The second-order valence-corrected chi connectivity index (χ2v) is 3.39. The first-order valence-corrected chi connectivity index (χ1v) is 4.45. The van der Waals surface area contributed by atoms with Gasteiger partial charge in [-0.25, -0.2) is 0 Å². The maximum Gasteiger partial charge on any atom is 0.163 e. The van der Waals surface area contributed by atoms with Gasteiger partial charge in [0, 0.05) is 17.7 Å². The molecule has 1 rings (SSSR count). The molecule has 76 valence electrons. The van der Waals surface area contributed by atoms with Gasteiger partial charge in [0.1, 0.15) is 5.75 Å². The van der Waals surface area contributed by atoms with Crippen molar-refractivity contribution in [2.24, 2.45) is 0 Å². The standard InChI is InChI=1S/C10H11ClO3/c1-6(12)9-4-8(11)3-7(5-14-2)10(9)13/h3-4,13H,5H2,1-2H3. The van der Waals surface area contributed by atoms with E-state index in [1.807, 2.05) is 0 Å². The zero-order chi connectivity index (χ0) is 10.7. The summed E-state index contributed by atoms with van der Waals surface area (Å²) in [6, 6.07) is 3.02. The van der Waals surface area contributed by atoms with Crippen molar-refractivity contribution < 1.29 is 14.6 Å². The number of aromatic hydroxyl groups is 1. The molecule has 0 amide bonds. The molecule has 0 aliphatic heterocycles. The summed E-state index contributed by atoms with van der Waals surface area (Å²) in [6.45, 7) is 1.61. The van der Waals surface area contributed by atoms with Crippen LogP contribution in [-0.2, 0) is 11.3 Å². The number of ether oxygens (including phenoxy) is 1. The van der Waals surface area contributed by atoms with Crippen LogP contribution in [0.1, 0.15) is 22.8 Å². The maximum absolute atomic E-state index is 11.1. The molecule has 0 atom stereocenters. The van der Waals surface area contributed by atoms with E-state index in [1.165, 1.54) is 20.1 Å². The molecule has 3 nitrogen and oxygen atoms in total. The van der Waals surface area contributed by atoms with E-state index in [2.05, 4.69) is 0 Å². The molecule has 0 saturated carbocycles. The lowest BCUT2D eigenvalue weighted by Crippen LogP contribution is -1.97. The van der Waals surface area contributed by atoms with Crippen LogP contribution in [0.25, 0.3) is 0 Å². The summed E-state index contributed by atoms with van der Waals surface area (Å²) < 4.78 is 4.87. The van der Waals surface area contributed by atoms with Crippen LogP contribution in [0.5, 0.6) is 5.75 Å². The molecule has 14 heavy (non-hydrogen) atoms. The highest BCUT2D eigenvalue weighted by molar-refractivity contribution is 6.31. The van der Waals surface area contributed by atoms with Crippen LogP contribution >= 0.6 is 11.6 Å². The van der Waals surface area contributed by atoms with Gasteiger partial charge in [-0.15, -0.1) is 0 Å². The van der Waals surface area contributed by atoms with Crippen molar-refractivity contribution in [3.05, 3.63) is 28.3 Å². The Hall–Kier alpha value is -1.06. The van der Waals surface area contributed by atoms with Gasteiger partial charge in [-0.2, -0.15) is 0 Å². The topological polar surface area (TPSA) is 46.5 Å². The summed E-state index contributed by atoms with van der Waals surface area (Å²) >= 11 is 5.78. The normalized spacial score (nSPS) is 10.2. The maximum atomic E-state index is 11.1. The third kappa shape index (κ3) is 2.25. The summed E-state index contributed by atoms with van der Waals surface area (Å²) in [5.74, 6) is -0.272. The van der Waals surface area contributed by atoms with E-state index >= 15 is 0 Å². The molecule has 4 heteroatoms. The van der Waals surface area contributed by atoms with E-state index in [1.54, 1.807) is 6.07 Å². The van der Waals surface area contributed by atoms with Crippen molar-refractivity contribution >= 4 is 17.4 Å². The highest BCUT2D eigenvalue weighted by Gasteiger charge is 2.12. The third-order valence-electron chi connectivity index (χ3n) is 1.83. The highest BCUT2D eigenvalue weighted by Crippen LogP contribution is 2.27. The number of phenolic OH excluding ortho intramolecular Hbond substituents is 1. The second-order valence-electron chi connectivity index (χ2n) is 2.95. The minimum absolute atomic E-state index is 0.0521. The number of methoxy groups -OCH3 is 1. The van der Waals surface area contributed by atoms with Gasteiger partial charge >= 0.3 is 0 Å². The number of hydrogen-bond donors (Lipinski definition) is 1. The molecule has 0 fully saturated rings. The number of phenols is 1. The van der Waals surface area contributed by atoms with Gasteiger partial charge in [-0.3, -0.25) is 4.79 Å². The van der Waals surface area contributed by atoms with Gasteiger partial charge in [-0.1, -0.05) is 11.6 Å². The third-order valence-corrected chi connectivity index (χ3v) is 2.05. The predicted octanol–water partition coefficient (Wildman–Crippen LogP) is 2.39. The first-order chi connectivity index (χ1) is 6.56. The van der Waals surface area contributed by atoms with Crippen LogP contribution in [0.2, 0.25) is 5.02 Å². The molecule has 0 aliphatic carbocycles. The van der Waals surface area contributed by atoms with E-state index in [4.69, 9.17) is 16.3 Å². The summed E-state index contributed by atoms with van der Waals surface area (Å²) in [7, 11) is 1.51. The molecule has 0 aliphatic rings. The van der Waals surface area contributed by atoms with Crippen LogP contribution in [0.15, 0.2) is 12.1 Å². The molecule has 0 unspecified atom stereocenters. The number of hydrogen-bond acceptors (Lipinski definition) is 3. The van der Waals surface area contributed by atoms with Crippen molar-refractivity contribution in [3.63, 3.8) is 0 Å². The lowest BCUT2D eigenvalue weighted by atomic mass is 10.1. The molecule has 0 spiro atoms. The van der Waals surface area contributed by atoms with Gasteiger partial charge in [0.15, 0.2) is 5.78 Å².